The number of hydrogen-bond donors (Lipinski definition) is 0. The molecule has 168 valence electrons. The first-order valence-electron chi connectivity index (χ1n) is 10.0. The molecule has 0 unspecified atom stereocenters. The van der Waals surface area contributed by atoms with Gasteiger partial charge in [-0.05, 0) is 36.6 Å². The summed E-state index contributed by atoms with van der Waals surface area (Å²) >= 11 is 6.06. The molecule has 0 radical (unpaired) electrons. The summed E-state index contributed by atoms with van der Waals surface area (Å²) in [4.78, 5) is 22.4. The second-order valence-corrected chi connectivity index (χ2v) is 8.45. The van der Waals surface area contributed by atoms with Crippen LogP contribution in [0.3, 0.4) is 0 Å². The maximum atomic E-state index is 12.9. The Bertz CT molecular complexity index is 910. The number of carbonyl (C=O) groups is 1. The normalized spacial score (nSPS) is 15.1. The molecule has 9 heteroatoms. The van der Waals surface area contributed by atoms with Gasteiger partial charge in [0.25, 0.3) is 0 Å². The van der Waals surface area contributed by atoms with E-state index in [1.165, 1.54) is 0 Å². The van der Waals surface area contributed by atoms with Crippen molar-refractivity contribution in [3.63, 3.8) is 0 Å². The first-order valence-corrected chi connectivity index (χ1v) is 10.4. The van der Waals surface area contributed by atoms with Crippen LogP contribution >= 0.6 is 11.6 Å². The van der Waals surface area contributed by atoms with Gasteiger partial charge in [-0.1, -0.05) is 23.7 Å². The molecule has 3 rings (SSSR count). The van der Waals surface area contributed by atoms with E-state index < -0.39 is 11.7 Å². The van der Waals surface area contributed by atoms with Gasteiger partial charge in [0.1, 0.15) is 5.82 Å². The summed E-state index contributed by atoms with van der Waals surface area (Å²) in [6.45, 7) is 1.55. The zero-order valence-electron chi connectivity index (χ0n) is 17.8. The minimum atomic E-state index is -4.48. The predicted octanol–water partition coefficient (Wildman–Crippen LogP) is 4.69. The van der Waals surface area contributed by atoms with Gasteiger partial charge in [-0.3, -0.25) is 4.79 Å². The average Bonchev–Trinajstić information content (AvgIpc) is 2.73. The zero-order chi connectivity index (χ0) is 22.8. The second-order valence-electron chi connectivity index (χ2n) is 8.04. The average molecular weight is 455 g/mol. The summed E-state index contributed by atoms with van der Waals surface area (Å²) < 4.78 is 38.4. The molecule has 1 fully saturated rings. The Labute approximate surface area is 185 Å². The lowest BCUT2D eigenvalue weighted by molar-refractivity contribution is -0.138. The van der Waals surface area contributed by atoms with Crippen molar-refractivity contribution in [3.05, 3.63) is 52.7 Å². The number of hydrogen-bond acceptors (Lipinski definition) is 4. The van der Waals surface area contributed by atoms with Crippen LogP contribution < -0.4 is 9.80 Å². The van der Waals surface area contributed by atoms with Gasteiger partial charge < -0.3 is 14.7 Å². The first kappa shape index (κ1) is 23.2. The van der Waals surface area contributed by atoms with E-state index in [2.05, 4.69) is 4.98 Å². The first-order chi connectivity index (χ1) is 14.6. The van der Waals surface area contributed by atoms with E-state index in [1.54, 1.807) is 11.9 Å². The molecule has 0 spiro atoms. The molecule has 2 aromatic rings. The van der Waals surface area contributed by atoms with Gasteiger partial charge in [-0.25, -0.2) is 4.98 Å². The molecule has 31 heavy (non-hydrogen) atoms. The molecule has 1 saturated heterocycles. The fourth-order valence-electron chi connectivity index (χ4n) is 3.72. The molecule has 5 nitrogen and oxygen atoms in total. The smallest absolute Gasteiger partial charge is 0.378 e. The Hall–Kier alpha value is -2.48. The van der Waals surface area contributed by atoms with Crippen LogP contribution in [0.15, 0.2) is 36.5 Å². The number of carbonyl (C=O) groups excluding carboxylic acids is 1. The quantitative estimate of drug-likeness (QED) is 0.656. The number of amides is 1. The van der Waals surface area contributed by atoms with Gasteiger partial charge in [0, 0.05) is 58.6 Å². The lowest BCUT2D eigenvalue weighted by Gasteiger charge is -2.34. The molecular weight excluding hydrogens is 429 g/mol. The van der Waals surface area contributed by atoms with Crippen molar-refractivity contribution >= 4 is 29.0 Å². The second kappa shape index (κ2) is 9.34. The van der Waals surface area contributed by atoms with Crippen molar-refractivity contribution in [3.8, 4) is 0 Å². The number of alkyl halides is 3. The van der Waals surface area contributed by atoms with Crippen molar-refractivity contribution < 1.29 is 18.0 Å². The van der Waals surface area contributed by atoms with Gasteiger partial charge in [0.2, 0.25) is 5.91 Å². The number of piperidine rings is 1. The number of nitrogens with zero attached hydrogens (tertiary/aromatic N) is 4. The predicted molar refractivity (Wildman–Crippen MR) is 116 cm³/mol. The van der Waals surface area contributed by atoms with Gasteiger partial charge in [-0.15, -0.1) is 0 Å². The van der Waals surface area contributed by atoms with E-state index >= 15 is 0 Å². The molecule has 1 aromatic heterocycles. The highest BCUT2D eigenvalue weighted by Crippen LogP contribution is 2.34. The summed E-state index contributed by atoms with van der Waals surface area (Å²) in [6.07, 6.45) is -2.48. The lowest BCUT2D eigenvalue weighted by Crippen LogP contribution is -2.41. The highest BCUT2D eigenvalue weighted by molar-refractivity contribution is 6.33. The van der Waals surface area contributed by atoms with Crippen molar-refractivity contribution in [2.24, 2.45) is 5.92 Å². The largest absolute Gasteiger partial charge is 0.417 e. The summed E-state index contributed by atoms with van der Waals surface area (Å²) in [6, 6.07) is 8.97. The monoisotopic (exact) mass is 454 g/mol. The minimum Gasteiger partial charge on any atom is -0.378 e. The third-order valence-corrected chi connectivity index (χ3v) is 5.82. The molecule has 1 amide bonds. The number of halogens is 4. The Morgan fingerprint density at radius 3 is 2.29 bits per heavy atom. The highest BCUT2D eigenvalue weighted by atomic mass is 35.5. The Balaban J connectivity index is 1.57. The minimum absolute atomic E-state index is 0.0297. The van der Waals surface area contributed by atoms with Crippen LogP contribution in [-0.2, 0) is 17.5 Å². The highest BCUT2D eigenvalue weighted by Gasteiger charge is 2.33. The van der Waals surface area contributed by atoms with Gasteiger partial charge in [-0.2, -0.15) is 13.2 Å². The van der Waals surface area contributed by atoms with E-state index in [0.717, 1.165) is 23.5 Å². The number of rotatable bonds is 5. The number of aromatic nitrogens is 1. The molecule has 0 aliphatic carbocycles. The third-order valence-electron chi connectivity index (χ3n) is 5.54. The van der Waals surface area contributed by atoms with E-state index in [1.807, 2.05) is 48.2 Å². The van der Waals surface area contributed by atoms with Gasteiger partial charge >= 0.3 is 6.18 Å². The Morgan fingerprint density at radius 1 is 1.16 bits per heavy atom. The van der Waals surface area contributed by atoms with Crippen molar-refractivity contribution in [2.75, 3.05) is 44.0 Å². The summed E-state index contributed by atoms with van der Waals surface area (Å²) in [5, 5.41) is -0.0297. The molecule has 2 heterocycles. The molecule has 1 aliphatic rings. The number of pyridine rings is 1. The molecule has 1 aromatic carbocycles. The summed E-state index contributed by atoms with van der Waals surface area (Å²) in [7, 11) is 5.75. The third kappa shape index (κ3) is 5.61. The number of benzene rings is 1. The maximum absolute atomic E-state index is 12.9. The van der Waals surface area contributed by atoms with Crippen LogP contribution in [0.2, 0.25) is 5.02 Å². The van der Waals surface area contributed by atoms with E-state index in [-0.39, 0.29) is 16.8 Å². The standard InChI is InChI=1S/C22H26ClF3N4O/c1-28(2)18-6-4-15(5-7-18)14-29(3)21(31)16-8-10-30(11-9-16)20-19(23)12-17(13-27-20)22(24,25)26/h4-7,12-13,16H,8-11,14H2,1-3H3. The van der Waals surface area contributed by atoms with Crippen LogP contribution in [0.1, 0.15) is 24.0 Å². The van der Waals surface area contributed by atoms with Crippen molar-refractivity contribution in [1.82, 2.24) is 9.88 Å². The maximum Gasteiger partial charge on any atom is 0.417 e. The van der Waals surface area contributed by atoms with Crippen molar-refractivity contribution in [1.29, 1.82) is 0 Å². The zero-order valence-corrected chi connectivity index (χ0v) is 18.5. The van der Waals surface area contributed by atoms with Crippen LogP contribution in [0.25, 0.3) is 0 Å². The molecule has 0 bridgehead atoms. The Kier molecular flexibility index (Phi) is 6.99. The van der Waals surface area contributed by atoms with Crippen LogP contribution in [0.5, 0.6) is 0 Å². The fourth-order valence-corrected chi connectivity index (χ4v) is 4.01. The van der Waals surface area contributed by atoms with Crippen LogP contribution in [0.4, 0.5) is 24.7 Å². The van der Waals surface area contributed by atoms with Gasteiger partial charge in [0.05, 0.1) is 10.6 Å². The number of anilines is 2. The summed E-state index contributed by atoms with van der Waals surface area (Å²) in [5.74, 6) is 0.272. The summed E-state index contributed by atoms with van der Waals surface area (Å²) in [5.41, 5.74) is 1.28. The van der Waals surface area contributed by atoms with Crippen LogP contribution in [0, 0.1) is 5.92 Å². The molecule has 0 atom stereocenters. The van der Waals surface area contributed by atoms with E-state index in [4.69, 9.17) is 11.6 Å². The van der Waals surface area contributed by atoms with Crippen LogP contribution in [-0.4, -0.2) is 50.0 Å². The fraction of sp³-hybridized carbons (Fsp3) is 0.455. The Morgan fingerprint density at radius 2 is 1.77 bits per heavy atom. The molecule has 0 saturated carbocycles. The van der Waals surface area contributed by atoms with E-state index in [0.29, 0.717) is 38.3 Å². The molecule has 0 N–H and O–H groups in total. The van der Waals surface area contributed by atoms with E-state index in [9.17, 15) is 18.0 Å². The van der Waals surface area contributed by atoms with Gasteiger partial charge in [0.15, 0.2) is 0 Å². The molecule has 1 aliphatic heterocycles. The SMILES string of the molecule is CN(Cc1ccc(N(C)C)cc1)C(=O)C1CCN(c2ncc(C(F)(F)F)cc2Cl)CC1. The molecular formula is C22H26ClF3N4O. The van der Waals surface area contributed by atoms with Crippen molar-refractivity contribution in [2.45, 2.75) is 25.6 Å². The lowest BCUT2D eigenvalue weighted by atomic mass is 9.95. The topological polar surface area (TPSA) is 39.7 Å².